The van der Waals surface area contributed by atoms with Crippen LogP contribution in [0.25, 0.3) is 0 Å². The van der Waals surface area contributed by atoms with Crippen LogP contribution in [0, 0.1) is 0 Å². The van der Waals surface area contributed by atoms with Gasteiger partial charge in [0.25, 0.3) is 10.0 Å². The lowest BCUT2D eigenvalue weighted by Gasteiger charge is -2.11. The van der Waals surface area contributed by atoms with Crippen LogP contribution in [0.2, 0.25) is 0 Å². The lowest BCUT2D eigenvalue weighted by atomic mass is 10.2. The van der Waals surface area contributed by atoms with Crippen LogP contribution in [0.4, 0.5) is 5.69 Å². The Hall–Kier alpha value is -2.44. The zero-order valence-corrected chi connectivity index (χ0v) is 15.5. The van der Waals surface area contributed by atoms with Gasteiger partial charge >= 0.3 is 0 Å². The second kappa shape index (κ2) is 7.63. The molecule has 4 nitrogen and oxygen atoms in total. The van der Waals surface area contributed by atoms with Gasteiger partial charge in [-0.15, -0.1) is 4.40 Å². The highest BCUT2D eigenvalue weighted by atomic mass is 79.9. The first kappa shape index (κ1) is 17.4. The molecule has 0 bridgehead atoms. The van der Waals surface area contributed by atoms with Crippen LogP contribution in [-0.4, -0.2) is 14.3 Å². The van der Waals surface area contributed by atoms with E-state index in [9.17, 15) is 8.42 Å². The standard InChI is InChI=1S/C19H15BrN2O2S/c20-16-11-13-17(14-12-16)21-19(15-7-3-1-4-8-15)22-25(23,24)18-9-5-2-6-10-18/h1-14H,(H,21,22). The molecule has 0 aliphatic carbocycles. The van der Waals surface area contributed by atoms with Gasteiger partial charge < -0.3 is 5.32 Å². The van der Waals surface area contributed by atoms with E-state index >= 15 is 0 Å². The van der Waals surface area contributed by atoms with E-state index in [1.165, 1.54) is 12.1 Å². The average molecular weight is 415 g/mol. The zero-order chi connectivity index (χ0) is 17.7. The predicted molar refractivity (Wildman–Crippen MR) is 104 cm³/mol. The van der Waals surface area contributed by atoms with Gasteiger partial charge in [-0.3, -0.25) is 0 Å². The Labute approximate surface area is 155 Å². The number of amidine groups is 1. The maximum absolute atomic E-state index is 12.6. The lowest BCUT2D eigenvalue weighted by Crippen LogP contribution is -2.16. The Morgan fingerprint density at radius 2 is 1.36 bits per heavy atom. The predicted octanol–water partition coefficient (Wildman–Crippen LogP) is 4.70. The van der Waals surface area contributed by atoms with Gasteiger partial charge in [0.1, 0.15) is 0 Å². The summed E-state index contributed by atoms with van der Waals surface area (Å²) in [5.41, 5.74) is 1.43. The molecule has 0 radical (unpaired) electrons. The van der Waals surface area contributed by atoms with Crippen molar-refractivity contribution in [1.82, 2.24) is 0 Å². The SMILES string of the molecule is O=S(=O)(N=C(Nc1ccc(Br)cc1)c1ccccc1)c1ccccc1. The van der Waals surface area contributed by atoms with Gasteiger partial charge in [-0.1, -0.05) is 64.5 Å². The fourth-order valence-corrected chi connectivity index (χ4v) is 3.44. The summed E-state index contributed by atoms with van der Waals surface area (Å²) >= 11 is 3.38. The molecule has 0 amide bonds. The molecule has 3 aromatic carbocycles. The van der Waals surface area contributed by atoms with Crippen molar-refractivity contribution in [3.8, 4) is 0 Å². The quantitative estimate of drug-likeness (QED) is 0.497. The van der Waals surface area contributed by atoms with Gasteiger partial charge in [0, 0.05) is 15.7 Å². The molecule has 0 aliphatic rings. The van der Waals surface area contributed by atoms with Crippen LogP contribution < -0.4 is 5.32 Å². The molecular formula is C19H15BrN2O2S. The molecule has 6 heteroatoms. The molecule has 0 saturated carbocycles. The monoisotopic (exact) mass is 414 g/mol. The molecule has 1 N–H and O–H groups in total. The van der Waals surface area contributed by atoms with Crippen molar-refractivity contribution in [3.63, 3.8) is 0 Å². The van der Waals surface area contributed by atoms with Crippen LogP contribution in [0.15, 0.2) is 98.7 Å². The Bertz CT molecular complexity index is 971. The van der Waals surface area contributed by atoms with Gasteiger partial charge in [-0.05, 0) is 36.4 Å². The summed E-state index contributed by atoms with van der Waals surface area (Å²) in [5, 5.41) is 3.10. The number of hydrogen-bond donors (Lipinski definition) is 1. The second-order valence-electron chi connectivity index (χ2n) is 5.23. The molecular weight excluding hydrogens is 400 g/mol. The third-order valence-electron chi connectivity index (χ3n) is 3.41. The smallest absolute Gasteiger partial charge is 0.284 e. The molecule has 0 unspecified atom stereocenters. The minimum Gasteiger partial charge on any atom is -0.339 e. The minimum atomic E-state index is -3.82. The molecule has 3 rings (SSSR count). The van der Waals surface area contributed by atoms with E-state index in [-0.39, 0.29) is 10.7 Å². The number of benzene rings is 3. The van der Waals surface area contributed by atoms with Gasteiger partial charge in [0.2, 0.25) is 0 Å². The van der Waals surface area contributed by atoms with Crippen molar-refractivity contribution >= 4 is 37.5 Å². The fourth-order valence-electron chi connectivity index (χ4n) is 2.18. The summed E-state index contributed by atoms with van der Waals surface area (Å²) in [5.74, 6) is 0.270. The normalized spacial score (nSPS) is 12.0. The van der Waals surface area contributed by atoms with E-state index < -0.39 is 10.0 Å². The molecule has 25 heavy (non-hydrogen) atoms. The van der Waals surface area contributed by atoms with E-state index in [4.69, 9.17) is 0 Å². The first-order valence-corrected chi connectivity index (χ1v) is 9.76. The number of nitrogens with zero attached hydrogens (tertiary/aromatic N) is 1. The number of rotatable bonds is 4. The fraction of sp³-hybridized carbons (Fsp3) is 0. The Balaban J connectivity index is 2.03. The van der Waals surface area contributed by atoms with Crippen LogP contribution in [0.1, 0.15) is 5.56 Å². The van der Waals surface area contributed by atoms with Gasteiger partial charge in [-0.25, -0.2) is 0 Å². The van der Waals surface area contributed by atoms with E-state index in [0.717, 1.165) is 10.2 Å². The largest absolute Gasteiger partial charge is 0.339 e. The topological polar surface area (TPSA) is 58.5 Å². The summed E-state index contributed by atoms with van der Waals surface area (Å²) in [6, 6.07) is 24.8. The number of sulfonamides is 1. The third kappa shape index (κ3) is 4.55. The van der Waals surface area contributed by atoms with Crippen LogP contribution in [0.3, 0.4) is 0 Å². The zero-order valence-electron chi connectivity index (χ0n) is 13.1. The van der Waals surface area contributed by atoms with E-state index in [2.05, 4.69) is 25.6 Å². The van der Waals surface area contributed by atoms with Crippen molar-refractivity contribution in [2.45, 2.75) is 4.90 Å². The third-order valence-corrected chi connectivity index (χ3v) is 5.23. The number of anilines is 1. The highest BCUT2D eigenvalue weighted by Gasteiger charge is 2.15. The van der Waals surface area contributed by atoms with Gasteiger partial charge in [-0.2, -0.15) is 8.42 Å². The summed E-state index contributed by atoms with van der Waals surface area (Å²) in [6.07, 6.45) is 0. The molecule has 0 aliphatic heterocycles. The van der Waals surface area contributed by atoms with Crippen molar-refractivity contribution in [1.29, 1.82) is 0 Å². The molecule has 0 atom stereocenters. The summed E-state index contributed by atoms with van der Waals surface area (Å²) in [7, 11) is -3.82. The summed E-state index contributed by atoms with van der Waals surface area (Å²) in [6.45, 7) is 0. The van der Waals surface area contributed by atoms with Crippen LogP contribution >= 0.6 is 15.9 Å². The molecule has 0 spiro atoms. The average Bonchev–Trinajstić information content (AvgIpc) is 2.64. The summed E-state index contributed by atoms with van der Waals surface area (Å²) < 4.78 is 30.2. The van der Waals surface area contributed by atoms with E-state index in [0.29, 0.717) is 5.56 Å². The molecule has 3 aromatic rings. The lowest BCUT2D eigenvalue weighted by molar-refractivity contribution is 0.598. The Morgan fingerprint density at radius 1 is 0.800 bits per heavy atom. The molecule has 0 aromatic heterocycles. The van der Waals surface area contributed by atoms with Crippen LogP contribution in [-0.2, 0) is 10.0 Å². The molecule has 0 heterocycles. The Morgan fingerprint density at radius 3 is 1.96 bits per heavy atom. The number of nitrogens with one attached hydrogen (secondary N) is 1. The number of halogens is 1. The number of hydrogen-bond acceptors (Lipinski definition) is 2. The van der Waals surface area contributed by atoms with E-state index in [1.807, 2.05) is 54.6 Å². The maximum Gasteiger partial charge on any atom is 0.284 e. The van der Waals surface area contributed by atoms with E-state index in [1.54, 1.807) is 18.2 Å². The first-order chi connectivity index (χ1) is 12.0. The van der Waals surface area contributed by atoms with Gasteiger partial charge in [0.15, 0.2) is 5.84 Å². The second-order valence-corrected chi connectivity index (χ2v) is 7.75. The van der Waals surface area contributed by atoms with Crippen LogP contribution in [0.5, 0.6) is 0 Å². The van der Waals surface area contributed by atoms with Crippen molar-refractivity contribution in [2.75, 3.05) is 5.32 Å². The molecule has 126 valence electrons. The minimum absolute atomic E-state index is 0.154. The van der Waals surface area contributed by atoms with Crippen molar-refractivity contribution < 1.29 is 8.42 Å². The van der Waals surface area contributed by atoms with Crippen molar-refractivity contribution in [3.05, 3.63) is 95.0 Å². The Kier molecular flexibility index (Phi) is 5.31. The first-order valence-electron chi connectivity index (χ1n) is 7.53. The highest BCUT2D eigenvalue weighted by Crippen LogP contribution is 2.18. The molecule has 0 fully saturated rings. The van der Waals surface area contributed by atoms with Crippen molar-refractivity contribution in [2.24, 2.45) is 4.40 Å². The van der Waals surface area contributed by atoms with Gasteiger partial charge in [0.05, 0.1) is 4.90 Å². The highest BCUT2D eigenvalue weighted by molar-refractivity contribution is 9.10. The molecule has 0 saturated heterocycles. The summed E-state index contributed by atoms with van der Waals surface area (Å²) in [4.78, 5) is 0.154. The maximum atomic E-state index is 12.6.